The van der Waals surface area contributed by atoms with Crippen LogP contribution in [0.4, 0.5) is 19.1 Å². The van der Waals surface area contributed by atoms with Crippen molar-refractivity contribution in [2.45, 2.75) is 13.1 Å². The van der Waals surface area contributed by atoms with Gasteiger partial charge in [-0.2, -0.15) is 13.2 Å². The number of H-pyrrole nitrogens is 1. The Hall–Kier alpha value is -3.63. The summed E-state index contributed by atoms with van der Waals surface area (Å²) in [5.74, 6) is -1.29. The molecular weight excluding hydrogens is 391 g/mol. The van der Waals surface area contributed by atoms with Crippen molar-refractivity contribution in [3.8, 4) is 28.3 Å². The van der Waals surface area contributed by atoms with Crippen LogP contribution in [0.1, 0.15) is 6.92 Å². The monoisotopic (exact) mass is 409 g/mol. The van der Waals surface area contributed by atoms with E-state index in [0.29, 0.717) is 0 Å². The number of carboxylic acids is 1. The van der Waals surface area contributed by atoms with Crippen LogP contribution >= 0.6 is 0 Å². The first-order valence-corrected chi connectivity index (χ1v) is 8.29. The maximum atomic E-state index is 10.6. The summed E-state index contributed by atoms with van der Waals surface area (Å²) < 4.78 is 37.0. The van der Waals surface area contributed by atoms with E-state index >= 15 is 0 Å². The summed E-state index contributed by atoms with van der Waals surface area (Å²) in [7, 11) is 1.63. The molecule has 3 aromatic rings. The molecule has 0 amide bonds. The minimum Gasteiger partial charge on any atom is -0.495 e. The quantitative estimate of drug-likeness (QED) is 0.590. The molecule has 0 saturated carbocycles. The molecule has 0 unspecified atom stereocenters. The highest BCUT2D eigenvalue weighted by molar-refractivity contribution is 5.73. The van der Waals surface area contributed by atoms with E-state index < -0.39 is 12.1 Å². The average molecular weight is 409 g/mol. The SMILES string of the molecule is CCNc1ncc(-c2cc(-c3cncc(OC)c3)ccn2)[nH]1.O=C(O)C(F)(F)F. The minimum atomic E-state index is -5.08. The Morgan fingerprint density at radius 2 is 1.93 bits per heavy atom. The zero-order chi connectivity index (χ0) is 21.4. The second-order valence-corrected chi connectivity index (χ2v) is 5.52. The van der Waals surface area contributed by atoms with Crippen molar-refractivity contribution in [2.24, 2.45) is 0 Å². The van der Waals surface area contributed by atoms with Crippen molar-refractivity contribution in [2.75, 3.05) is 19.0 Å². The van der Waals surface area contributed by atoms with Gasteiger partial charge in [0.2, 0.25) is 5.95 Å². The van der Waals surface area contributed by atoms with Gasteiger partial charge < -0.3 is 20.1 Å². The Morgan fingerprint density at radius 1 is 1.21 bits per heavy atom. The van der Waals surface area contributed by atoms with Gasteiger partial charge >= 0.3 is 12.1 Å². The molecule has 0 aliphatic heterocycles. The zero-order valence-electron chi connectivity index (χ0n) is 15.5. The summed E-state index contributed by atoms with van der Waals surface area (Å²) >= 11 is 0. The molecule has 11 heteroatoms. The predicted octanol–water partition coefficient (Wildman–Crippen LogP) is 3.61. The van der Waals surface area contributed by atoms with E-state index in [1.165, 1.54) is 0 Å². The molecule has 8 nitrogen and oxygen atoms in total. The molecule has 0 aromatic carbocycles. The summed E-state index contributed by atoms with van der Waals surface area (Å²) in [6.07, 6.45) is 1.95. The number of alkyl halides is 3. The molecule has 29 heavy (non-hydrogen) atoms. The molecule has 0 bridgehead atoms. The molecule has 154 valence electrons. The van der Waals surface area contributed by atoms with Gasteiger partial charge in [0.05, 0.1) is 30.9 Å². The Balaban J connectivity index is 0.000000370. The molecule has 0 atom stereocenters. The maximum absolute atomic E-state index is 10.6. The van der Waals surface area contributed by atoms with Crippen LogP contribution in [0, 0.1) is 0 Å². The highest BCUT2D eigenvalue weighted by Gasteiger charge is 2.38. The van der Waals surface area contributed by atoms with Crippen molar-refractivity contribution in [1.82, 2.24) is 19.9 Å². The van der Waals surface area contributed by atoms with Crippen molar-refractivity contribution in [1.29, 1.82) is 0 Å². The van der Waals surface area contributed by atoms with Crippen molar-refractivity contribution in [3.05, 3.63) is 43.0 Å². The largest absolute Gasteiger partial charge is 0.495 e. The number of aliphatic carboxylic acids is 1. The third-order valence-corrected chi connectivity index (χ3v) is 3.48. The smallest absolute Gasteiger partial charge is 0.490 e. The number of carbonyl (C=O) groups is 1. The first-order chi connectivity index (χ1) is 13.7. The fourth-order valence-electron chi connectivity index (χ4n) is 2.15. The molecule has 3 aromatic heterocycles. The Bertz CT molecular complexity index is 960. The molecule has 3 heterocycles. The molecule has 0 radical (unpaired) electrons. The first-order valence-electron chi connectivity index (χ1n) is 8.29. The number of hydrogen-bond donors (Lipinski definition) is 3. The highest BCUT2D eigenvalue weighted by Crippen LogP contribution is 2.26. The standard InChI is InChI=1S/C16H17N5O.C2HF3O2/c1-3-18-16-20-10-15(21-16)14-7-11(4-5-19-14)12-6-13(22-2)9-17-8-12;3-2(4,5)1(6)7/h4-10H,3H2,1-2H3,(H2,18,20,21);(H,6,7). The second kappa shape index (κ2) is 9.53. The Kier molecular flexibility index (Phi) is 7.12. The normalized spacial score (nSPS) is 10.7. The van der Waals surface area contributed by atoms with Crippen LogP contribution in [0.25, 0.3) is 22.5 Å². The van der Waals surface area contributed by atoms with Crippen molar-refractivity contribution in [3.63, 3.8) is 0 Å². The van der Waals surface area contributed by atoms with E-state index in [0.717, 1.165) is 40.8 Å². The van der Waals surface area contributed by atoms with Crippen LogP contribution < -0.4 is 10.1 Å². The fourth-order valence-corrected chi connectivity index (χ4v) is 2.15. The Morgan fingerprint density at radius 3 is 2.55 bits per heavy atom. The number of nitrogens with one attached hydrogen (secondary N) is 2. The lowest BCUT2D eigenvalue weighted by molar-refractivity contribution is -0.192. The van der Waals surface area contributed by atoms with Gasteiger partial charge in [-0.3, -0.25) is 9.97 Å². The molecule has 0 aliphatic carbocycles. The lowest BCUT2D eigenvalue weighted by atomic mass is 10.1. The summed E-state index contributed by atoms with van der Waals surface area (Å²) in [6.45, 7) is 2.84. The number of ether oxygens (including phenoxy) is 1. The van der Waals surface area contributed by atoms with Crippen molar-refractivity contribution < 1.29 is 27.8 Å². The first kappa shape index (κ1) is 21.7. The number of rotatable bonds is 5. The van der Waals surface area contributed by atoms with Crippen LogP contribution in [0.15, 0.2) is 43.0 Å². The summed E-state index contributed by atoms with van der Waals surface area (Å²) in [6, 6.07) is 5.89. The van der Waals surface area contributed by atoms with Gasteiger partial charge in [0.1, 0.15) is 5.75 Å². The van der Waals surface area contributed by atoms with Gasteiger partial charge in [-0.25, -0.2) is 9.78 Å². The molecule has 0 aliphatic rings. The average Bonchev–Trinajstić information content (AvgIpc) is 3.17. The summed E-state index contributed by atoms with van der Waals surface area (Å²) in [5, 5.41) is 10.3. The van der Waals surface area contributed by atoms with Gasteiger partial charge in [-0.15, -0.1) is 0 Å². The molecule has 0 saturated heterocycles. The van der Waals surface area contributed by atoms with E-state index in [4.69, 9.17) is 14.6 Å². The molecule has 3 rings (SSSR count). The van der Waals surface area contributed by atoms with Gasteiger partial charge in [0.25, 0.3) is 0 Å². The van der Waals surface area contributed by atoms with Gasteiger partial charge in [0, 0.05) is 24.5 Å². The highest BCUT2D eigenvalue weighted by atomic mass is 19.4. The second-order valence-electron chi connectivity index (χ2n) is 5.52. The van der Waals surface area contributed by atoms with Crippen LogP contribution in [-0.2, 0) is 4.79 Å². The number of aromatic nitrogens is 4. The lowest BCUT2D eigenvalue weighted by Crippen LogP contribution is -2.21. The van der Waals surface area contributed by atoms with Crippen LogP contribution in [0.5, 0.6) is 5.75 Å². The van der Waals surface area contributed by atoms with E-state index in [1.54, 1.807) is 31.9 Å². The van der Waals surface area contributed by atoms with Crippen molar-refractivity contribution >= 4 is 11.9 Å². The molecular formula is C18H18F3N5O3. The third kappa shape index (κ3) is 6.19. The van der Waals surface area contributed by atoms with E-state index in [-0.39, 0.29) is 0 Å². The Labute approximate surface area is 163 Å². The fraction of sp³-hybridized carbons (Fsp3) is 0.222. The van der Waals surface area contributed by atoms with Gasteiger partial charge in [0.15, 0.2) is 0 Å². The molecule has 3 N–H and O–H groups in total. The van der Waals surface area contributed by atoms with E-state index in [1.807, 2.05) is 25.1 Å². The number of nitrogens with zero attached hydrogens (tertiary/aromatic N) is 3. The van der Waals surface area contributed by atoms with E-state index in [9.17, 15) is 13.2 Å². The number of carboxylic acid groups (broad SMARTS) is 1. The maximum Gasteiger partial charge on any atom is 0.490 e. The number of aromatic amines is 1. The van der Waals surface area contributed by atoms with Crippen LogP contribution in [-0.4, -0.2) is 50.8 Å². The minimum absolute atomic E-state index is 0.729. The molecule has 0 fully saturated rings. The summed E-state index contributed by atoms with van der Waals surface area (Å²) in [5.41, 5.74) is 3.70. The number of halogens is 3. The zero-order valence-corrected chi connectivity index (χ0v) is 15.5. The topological polar surface area (TPSA) is 113 Å². The summed E-state index contributed by atoms with van der Waals surface area (Å²) in [4.78, 5) is 25.0. The van der Waals surface area contributed by atoms with Gasteiger partial charge in [-0.1, -0.05) is 0 Å². The van der Waals surface area contributed by atoms with Crippen LogP contribution in [0.2, 0.25) is 0 Å². The van der Waals surface area contributed by atoms with Crippen LogP contribution in [0.3, 0.4) is 0 Å². The lowest BCUT2D eigenvalue weighted by Gasteiger charge is -2.05. The van der Waals surface area contributed by atoms with E-state index in [2.05, 4.69) is 25.3 Å². The third-order valence-electron chi connectivity index (χ3n) is 3.48. The number of pyridine rings is 2. The van der Waals surface area contributed by atoms with Gasteiger partial charge in [-0.05, 0) is 30.7 Å². The number of hydrogen-bond acceptors (Lipinski definition) is 6. The predicted molar refractivity (Wildman–Crippen MR) is 99.5 cm³/mol. The number of anilines is 1. The molecule has 0 spiro atoms. The number of methoxy groups -OCH3 is 1. The number of imidazole rings is 1.